The van der Waals surface area contributed by atoms with Crippen LogP contribution in [0.4, 0.5) is 0 Å². The van der Waals surface area contributed by atoms with E-state index in [9.17, 15) is 9.59 Å². The molecule has 0 fully saturated rings. The summed E-state index contributed by atoms with van der Waals surface area (Å²) < 4.78 is 5.76. The maximum absolute atomic E-state index is 11.4. The highest BCUT2D eigenvalue weighted by Crippen LogP contribution is 2.22. The molecule has 0 aliphatic carbocycles. The SMILES string of the molecule is CC(=O)c1ccc(CC=O)c(OCc2ccccc2)c1. The van der Waals surface area contributed by atoms with Gasteiger partial charge in [-0.3, -0.25) is 4.79 Å². The number of hydrogen-bond donors (Lipinski definition) is 0. The summed E-state index contributed by atoms with van der Waals surface area (Å²) in [6, 6.07) is 14.9. The minimum absolute atomic E-state index is 0.0211. The average molecular weight is 268 g/mol. The van der Waals surface area contributed by atoms with Crippen molar-refractivity contribution in [3.05, 3.63) is 65.2 Å². The number of benzene rings is 2. The van der Waals surface area contributed by atoms with Gasteiger partial charge in [0.15, 0.2) is 5.78 Å². The van der Waals surface area contributed by atoms with Crippen molar-refractivity contribution < 1.29 is 14.3 Å². The second-order valence-electron chi connectivity index (χ2n) is 4.52. The number of aldehydes is 1. The Balaban J connectivity index is 2.21. The maximum Gasteiger partial charge on any atom is 0.159 e. The first-order valence-electron chi connectivity index (χ1n) is 6.45. The van der Waals surface area contributed by atoms with Crippen LogP contribution in [0.5, 0.6) is 5.75 Å². The number of hydrogen-bond acceptors (Lipinski definition) is 3. The molecule has 0 N–H and O–H groups in total. The number of ether oxygens (including phenoxy) is 1. The third kappa shape index (κ3) is 3.54. The highest BCUT2D eigenvalue weighted by atomic mass is 16.5. The smallest absolute Gasteiger partial charge is 0.159 e. The van der Waals surface area contributed by atoms with Gasteiger partial charge in [0.2, 0.25) is 0 Å². The Kier molecular flexibility index (Phi) is 4.66. The van der Waals surface area contributed by atoms with Crippen molar-refractivity contribution in [2.24, 2.45) is 0 Å². The molecule has 0 aliphatic rings. The van der Waals surface area contributed by atoms with Gasteiger partial charge in [-0.15, -0.1) is 0 Å². The van der Waals surface area contributed by atoms with Gasteiger partial charge in [0.05, 0.1) is 0 Å². The van der Waals surface area contributed by atoms with Gasteiger partial charge in [0.1, 0.15) is 18.6 Å². The highest BCUT2D eigenvalue weighted by molar-refractivity contribution is 5.94. The van der Waals surface area contributed by atoms with Crippen LogP contribution in [0.2, 0.25) is 0 Å². The third-order valence-electron chi connectivity index (χ3n) is 3.01. The van der Waals surface area contributed by atoms with E-state index in [1.165, 1.54) is 6.92 Å². The molecule has 0 aliphatic heterocycles. The first kappa shape index (κ1) is 14.0. The predicted molar refractivity (Wildman–Crippen MR) is 77.0 cm³/mol. The number of carbonyl (C=O) groups excluding carboxylic acids is 2. The molecule has 0 bridgehead atoms. The molecule has 2 aromatic rings. The summed E-state index contributed by atoms with van der Waals surface area (Å²) in [7, 11) is 0. The van der Waals surface area contributed by atoms with Gasteiger partial charge in [-0.1, -0.05) is 42.5 Å². The Bertz CT molecular complexity index is 603. The minimum Gasteiger partial charge on any atom is -0.489 e. The molecule has 0 unspecified atom stereocenters. The molecule has 102 valence electrons. The standard InChI is InChI=1S/C17H16O3/c1-13(19)16-8-7-15(9-10-18)17(11-16)20-12-14-5-3-2-4-6-14/h2-8,10-11H,9,12H2,1H3. The van der Waals surface area contributed by atoms with Crippen LogP contribution < -0.4 is 4.74 Å². The first-order valence-corrected chi connectivity index (χ1v) is 6.45. The molecule has 0 heterocycles. The van der Waals surface area contributed by atoms with Crippen LogP contribution in [0.15, 0.2) is 48.5 Å². The van der Waals surface area contributed by atoms with Crippen LogP contribution in [0.3, 0.4) is 0 Å². The molecule has 0 saturated heterocycles. The van der Waals surface area contributed by atoms with Crippen LogP contribution in [-0.2, 0) is 17.8 Å². The van der Waals surface area contributed by atoms with Crippen molar-refractivity contribution >= 4 is 12.1 Å². The van der Waals surface area contributed by atoms with Crippen molar-refractivity contribution in [2.45, 2.75) is 20.0 Å². The molecule has 20 heavy (non-hydrogen) atoms. The zero-order valence-electron chi connectivity index (χ0n) is 11.3. The van der Waals surface area contributed by atoms with Crippen LogP contribution in [0, 0.1) is 0 Å². The number of ketones is 1. The lowest BCUT2D eigenvalue weighted by atomic mass is 10.1. The monoisotopic (exact) mass is 268 g/mol. The average Bonchev–Trinajstić information content (AvgIpc) is 2.47. The van der Waals surface area contributed by atoms with E-state index < -0.39 is 0 Å². The van der Waals surface area contributed by atoms with Gasteiger partial charge in [-0.2, -0.15) is 0 Å². The summed E-state index contributed by atoms with van der Waals surface area (Å²) >= 11 is 0. The van der Waals surface area contributed by atoms with Crippen molar-refractivity contribution in [3.63, 3.8) is 0 Å². The van der Waals surface area contributed by atoms with Crippen LogP contribution in [0.1, 0.15) is 28.4 Å². The zero-order chi connectivity index (χ0) is 14.4. The van der Waals surface area contributed by atoms with E-state index >= 15 is 0 Å². The van der Waals surface area contributed by atoms with E-state index in [1.807, 2.05) is 30.3 Å². The van der Waals surface area contributed by atoms with Gasteiger partial charge in [-0.05, 0) is 18.6 Å². The van der Waals surface area contributed by atoms with E-state index in [0.717, 1.165) is 17.4 Å². The quantitative estimate of drug-likeness (QED) is 0.597. The predicted octanol–water partition coefficient (Wildman–Crippen LogP) is 3.21. The molecule has 0 aromatic heterocycles. The largest absolute Gasteiger partial charge is 0.489 e. The van der Waals surface area contributed by atoms with Crippen LogP contribution >= 0.6 is 0 Å². The Hall–Kier alpha value is -2.42. The minimum atomic E-state index is -0.0211. The van der Waals surface area contributed by atoms with Gasteiger partial charge in [0.25, 0.3) is 0 Å². The molecule has 2 aromatic carbocycles. The van der Waals surface area contributed by atoms with Gasteiger partial charge in [-0.25, -0.2) is 0 Å². The number of carbonyl (C=O) groups is 2. The Morgan fingerprint density at radius 2 is 1.90 bits per heavy atom. The normalized spacial score (nSPS) is 10.1. The highest BCUT2D eigenvalue weighted by Gasteiger charge is 2.08. The lowest BCUT2D eigenvalue weighted by molar-refractivity contribution is -0.107. The lowest BCUT2D eigenvalue weighted by Crippen LogP contribution is -2.01. The summed E-state index contributed by atoms with van der Waals surface area (Å²) in [4.78, 5) is 22.1. The molecule has 3 heteroatoms. The van der Waals surface area contributed by atoms with Crippen molar-refractivity contribution in [3.8, 4) is 5.75 Å². The van der Waals surface area contributed by atoms with E-state index in [4.69, 9.17) is 4.74 Å². The molecular weight excluding hydrogens is 252 g/mol. The Morgan fingerprint density at radius 3 is 2.55 bits per heavy atom. The fraction of sp³-hybridized carbons (Fsp3) is 0.176. The van der Waals surface area contributed by atoms with E-state index in [1.54, 1.807) is 18.2 Å². The number of rotatable bonds is 6. The van der Waals surface area contributed by atoms with Crippen molar-refractivity contribution in [1.82, 2.24) is 0 Å². The number of Topliss-reactive ketones (excluding diaryl/α,β-unsaturated/α-hetero) is 1. The maximum atomic E-state index is 11.4. The summed E-state index contributed by atoms with van der Waals surface area (Å²) in [5.41, 5.74) is 2.42. The molecule has 3 nitrogen and oxygen atoms in total. The van der Waals surface area contributed by atoms with Crippen LogP contribution in [-0.4, -0.2) is 12.1 Å². The van der Waals surface area contributed by atoms with Gasteiger partial charge < -0.3 is 9.53 Å². The lowest BCUT2D eigenvalue weighted by Gasteiger charge is -2.11. The fourth-order valence-corrected chi connectivity index (χ4v) is 1.90. The van der Waals surface area contributed by atoms with Crippen molar-refractivity contribution in [1.29, 1.82) is 0 Å². The fourth-order valence-electron chi connectivity index (χ4n) is 1.90. The molecule has 0 atom stereocenters. The molecule has 0 radical (unpaired) electrons. The molecule has 2 rings (SSSR count). The van der Waals surface area contributed by atoms with Gasteiger partial charge in [0, 0.05) is 17.5 Å². The zero-order valence-corrected chi connectivity index (χ0v) is 11.3. The molecular formula is C17H16O3. The molecule has 0 spiro atoms. The van der Waals surface area contributed by atoms with E-state index in [2.05, 4.69) is 0 Å². The summed E-state index contributed by atoms with van der Waals surface area (Å²) in [6.07, 6.45) is 1.11. The second-order valence-corrected chi connectivity index (χ2v) is 4.52. The summed E-state index contributed by atoms with van der Waals surface area (Å²) in [5, 5.41) is 0. The first-order chi connectivity index (χ1) is 9.70. The van der Waals surface area contributed by atoms with Gasteiger partial charge >= 0.3 is 0 Å². The van der Waals surface area contributed by atoms with Crippen LogP contribution in [0.25, 0.3) is 0 Å². The Labute approximate surface area is 118 Å². The van der Waals surface area contributed by atoms with Crippen molar-refractivity contribution in [2.75, 3.05) is 0 Å². The summed E-state index contributed by atoms with van der Waals surface area (Å²) in [6.45, 7) is 1.92. The second kappa shape index (κ2) is 6.66. The molecule has 0 saturated carbocycles. The van der Waals surface area contributed by atoms with E-state index in [-0.39, 0.29) is 12.2 Å². The summed E-state index contributed by atoms with van der Waals surface area (Å²) in [5.74, 6) is 0.570. The Morgan fingerprint density at radius 1 is 1.15 bits per heavy atom. The van der Waals surface area contributed by atoms with E-state index in [0.29, 0.717) is 17.9 Å². The third-order valence-corrected chi connectivity index (χ3v) is 3.01. The molecule has 0 amide bonds. The topological polar surface area (TPSA) is 43.4 Å².